The summed E-state index contributed by atoms with van der Waals surface area (Å²) < 4.78 is 15.0. The molecule has 3 aromatic carbocycles. The zero-order valence-electron chi connectivity index (χ0n) is 19.8. The number of benzene rings is 3. The van der Waals surface area contributed by atoms with Crippen LogP contribution in [-0.2, 0) is 25.9 Å². The molecule has 1 aliphatic rings. The third-order valence-electron chi connectivity index (χ3n) is 6.75. The number of nitrogens with zero attached hydrogens (tertiary/aromatic N) is 3. The van der Waals surface area contributed by atoms with Gasteiger partial charge < -0.3 is 10.7 Å². The van der Waals surface area contributed by atoms with Crippen LogP contribution in [0.1, 0.15) is 47.9 Å². The van der Waals surface area contributed by atoms with Gasteiger partial charge in [0.15, 0.2) is 0 Å². The monoisotopic (exact) mass is 467 g/mol. The molecule has 0 spiro atoms. The fourth-order valence-corrected chi connectivity index (χ4v) is 4.87. The molecule has 5 rings (SSSR count). The number of fused-ring (bicyclic) bond motifs is 1. The predicted molar refractivity (Wildman–Crippen MR) is 138 cm³/mol. The van der Waals surface area contributed by atoms with Gasteiger partial charge in [0.2, 0.25) is 0 Å². The normalized spacial score (nSPS) is 13.2. The predicted octanol–water partition coefficient (Wildman–Crippen LogP) is 6.42. The lowest BCUT2D eigenvalue weighted by molar-refractivity contribution is 0.627. The third-order valence-corrected chi connectivity index (χ3v) is 6.75. The minimum Gasteiger partial charge on any atom is -0.381 e. The van der Waals surface area contributed by atoms with Crippen molar-refractivity contribution in [2.75, 3.05) is 5.32 Å². The van der Waals surface area contributed by atoms with Crippen molar-refractivity contribution >= 4 is 11.4 Å². The molecule has 0 amide bonds. The number of anilines is 1. The Balaban J connectivity index is 1.48. The summed E-state index contributed by atoms with van der Waals surface area (Å²) >= 11 is 0. The minimum atomic E-state index is -0.227. The number of rotatable bonds is 8. The fraction of sp³-hybridized carbons (Fsp3) is 0.276. The summed E-state index contributed by atoms with van der Waals surface area (Å²) in [5.74, 6) is -0.227. The van der Waals surface area contributed by atoms with Crippen molar-refractivity contribution in [3.63, 3.8) is 0 Å². The van der Waals surface area contributed by atoms with Gasteiger partial charge in [0.25, 0.3) is 0 Å². The first-order chi connectivity index (χ1) is 17.2. The third kappa shape index (κ3) is 5.48. The Morgan fingerprint density at radius 3 is 2.66 bits per heavy atom. The smallest absolute Gasteiger partial charge is 0.137 e. The maximum atomic E-state index is 13.3. The van der Waals surface area contributed by atoms with E-state index in [0.29, 0.717) is 25.2 Å². The van der Waals surface area contributed by atoms with Gasteiger partial charge in [-0.05, 0) is 77.8 Å². The molecule has 0 saturated carbocycles. The number of hydrogen-bond donors (Lipinski definition) is 2. The van der Waals surface area contributed by atoms with Gasteiger partial charge in [0, 0.05) is 36.5 Å². The van der Waals surface area contributed by atoms with Crippen LogP contribution in [0.15, 0.2) is 73.3 Å². The first-order valence-corrected chi connectivity index (χ1v) is 12.3. The Morgan fingerprint density at radius 1 is 0.971 bits per heavy atom. The molecule has 0 atom stereocenters. The fourth-order valence-electron chi connectivity index (χ4n) is 4.87. The molecule has 35 heavy (non-hydrogen) atoms. The molecule has 5 nitrogen and oxygen atoms in total. The van der Waals surface area contributed by atoms with E-state index in [1.165, 1.54) is 54.4 Å². The van der Waals surface area contributed by atoms with Crippen LogP contribution in [0, 0.1) is 11.2 Å². The molecule has 1 heterocycles. The van der Waals surface area contributed by atoms with E-state index >= 15 is 0 Å². The van der Waals surface area contributed by atoms with E-state index in [1.807, 2.05) is 6.07 Å². The first kappa shape index (κ1) is 23.0. The van der Waals surface area contributed by atoms with Crippen LogP contribution >= 0.6 is 0 Å². The molecule has 2 N–H and O–H groups in total. The summed E-state index contributed by atoms with van der Waals surface area (Å²) in [5, 5.41) is 16.6. The standard InChI is InChI=1S/C29H30FN5/c30-23-11-9-21(10-12-23)18-33-24-13-14-27(29(31)15-16-35-20-32-19-34-35)28(17-24)26-8-4-6-22-5-2-1-3-7-25(22)26/h4,6,8-14,17,19-20,31,33H,1-3,5,7,15-16,18H2. The van der Waals surface area contributed by atoms with Crippen LogP contribution in [0.4, 0.5) is 10.1 Å². The zero-order valence-corrected chi connectivity index (χ0v) is 19.8. The Bertz CT molecular complexity index is 1300. The molecule has 0 unspecified atom stereocenters. The average molecular weight is 468 g/mol. The quantitative estimate of drug-likeness (QED) is 0.232. The van der Waals surface area contributed by atoms with E-state index in [9.17, 15) is 4.39 Å². The van der Waals surface area contributed by atoms with Gasteiger partial charge in [-0.2, -0.15) is 5.10 Å². The van der Waals surface area contributed by atoms with Gasteiger partial charge in [0.05, 0.1) is 0 Å². The summed E-state index contributed by atoms with van der Waals surface area (Å²) in [7, 11) is 0. The molecular weight excluding hydrogens is 437 g/mol. The number of aryl methyl sites for hydroxylation is 2. The van der Waals surface area contributed by atoms with Gasteiger partial charge in [-0.25, -0.2) is 9.37 Å². The summed E-state index contributed by atoms with van der Waals surface area (Å²) in [6.07, 6.45) is 9.67. The lowest BCUT2D eigenvalue weighted by Gasteiger charge is -2.18. The lowest BCUT2D eigenvalue weighted by Crippen LogP contribution is -2.09. The van der Waals surface area contributed by atoms with Crippen molar-refractivity contribution in [3.05, 3.63) is 101 Å². The average Bonchev–Trinajstić information content (AvgIpc) is 3.29. The number of aromatic nitrogens is 3. The highest BCUT2D eigenvalue weighted by atomic mass is 19.1. The zero-order chi connectivity index (χ0) is 24.0. The van der Waals surface area contributed by atoms with Crippen molar-refractivity contribution in [1.82, 2.24) is 14.8 Å². The molecule has 1 aromatic heterocycles. The second-order valence-corrected chi connectivity index (χ2v) is 9.13. The summed E-state index contributed by atoms with van der Waals surface area (Å²) in [6, 6.07) is 19.5. The van der Waals surface area contributed by atoms with Crippen LogP contribution in [0.3, 0.4) is 0 Å². The Hall–Kier alpha value is -3.80. The summed E-state index contributed by atoms with van der Waals surface area (Å²) in [4.78, 5) is 4.01. The van der Waals surface area contributed by atoms with Gasteiger partial charge in [-0.15, -0.1) is 0 Å². The molecule has 4 aromatic rings. The molecule has 0 aliphatic heterocycles. The topological polar surface area (TPSA) is 66.6 Å². The van der Waals surface area contributed by atoms with Crippen LogP contribution in [0.5, 0.6) is 0 Å². The van der Waals surface area contributed by atoms with Crippen LogP contribution in [0.2, 0.25) is 0 Å². The largest absolute Gasteiger partial charge is 0.381 e. The highest BCUT2D eigenvalue weighted by Gasteiger charge is 2.18. The van der Waals surface area contributed by atoms with Gasteiger partial charge in [-0.1, -0.05) is 42.8 Å². The number of hydrogen-bond acceptors (Lipinski definition) is 4. The van der Waals surface area contributed by atoms with Crippen molar-refractivity contribution in [2.45, 2.75) is 51.6 Å². The van der Waals surface area contributed by atoms with Crippen molar-refractivity contribution < 1.29 is 4.39 Å². The first-order valence-electron chi connectivity index (χ1n) is 12.3. The molecule has 0 fully saturated rings. The maximum absolute atomic E-state index is 13.3. The second kappa shape index (κ2) is 10.6. The molecule has 178 valence electrons. The van der Waals surface area contributed by atoms with Crippen molar-refractivity contribution in [2.24, 2.45) is 0 Å². The van der Waals surface area contributed by atoms with E-state index in [4.69, 9.17) is 5.41 Å². The van der Waals surface area contributed by atoms with E-state index in [0.717, 1.165) is 35.2 Å². The molecular formula is C29H30FN5. The van der Waals surface area contributed by atoms with Crippen molar-refractivity contribution in [3.8, 4) is 11.1 Å². The molecule has 0 radical (unpaired) electrons. The van der Waals surface area contributed by atoms with Crippen LogP contribution in [-0.4, -0.2) is 20.5 Å². The van der Waals surface area contributed by atoms with Crippen LogP contribution < -0.4 is 5.32 Å². The van der Waals surface area contributed by atoms with E-state index in [-0.39, 0.29) is 5.82 Å². The number of nitrogens with one attached hydrogen (secondary N) is 2. The number of halogens is 1. The molecule has 0 saturated heterocycles. The Kier molecular flexibility index (Phi) is 6.98. The highest BCUT2D eigenvalue weighted by Crippen LogP contribution is 2.35. The molecule has 1 aliphatic carbocycles. The minimum absolute atomic E-state index is 0.227. The van der Waals surface area contributed by atoms with Crippen molar-refractivity contribution in [1.29, 1.82) is 5.41 Å². The highest BCUT2D eigenvalue weighted by molar-refractivity contribution is 6.05. The Morgan fingerprint density at radius 2 is 1.83 bits per heavy atom. The molecule has 6 heteroatoms. The SMILES string of the molecule is N=C(CCn1cncn1)c1ccc(NCc2ccc(F)cc2)cc1-c1cccc2c1CCCCC2. The molecule has 0 bridgehead atoms. The maximum Gasteiger partial charge on any atom is 0.137 e. The van der Waals surface area contributed by atoms with Gasteiger partial charge in [0.1, 0.15) is 18.5 Å². The Labute approximate surface area is 205 Å². The second-order valence-electron chi connectivity index (χ2n) is 9.13. The van der Waals surface area contributed by atoms with E-state index in [2.05, 4.69) is 45.7 Å². The van der Waals surface area contributed by atoms with Crippen LogP contribution in [0.25, 0.3) is 11.1 Å². The lowest BCUT2D eigenvalue weighted by atomic mass is 9.88. The van der Waals surface area contributed by atoms with E-state index < -0.39 is 0 Å². The summed E-state index contributed by atoms with van der Waals surface area (Å²) in [6.45, 7) is 1.23. The van der Waals surface area contributed by atoms with Gasteiger partial charge in [-0.3, -0.25) is 4.68 Å². The van der Waals surface area contributed by atoms with Gasteiger partial charge >= 0.3 is 0 Å². The van der Waals surface area contributed by atoms with E-state index in [1.54, 1.807) is 23.1 Å². The summed E-state index contributed by atoms with van der Waals surface area (Å²) in [5.41, 5.74) is 8.74.